The van der Waals surface area contributed by atoms with Crippen LogP contribution in [-0.2, 0) is 16.6 Å². The highest BCUT2D eigenvalue weighted by Crippen LogP contribution is 2.26. The lowest BCUT2D eigenvalue weighted by Crippen LogP contribution is -2.25. The summed E-state index contributed by atoms with van der Waals surface area (Å²) in [5.41, 5.74) is 1.89. The number of pyridine rings is 2. The van der Waals surface area contributed by atoms with Gasteiger partial charge in [0, 0.05) is 30.7 Å². The average Bonchev–Trinajstić information content (AvgIpc) is 3.13. The number of rotatable bonds is 6. The van der Waals surface area contributed by atoms with Gasteiger partial charge in [0.1, 0.15) is 6.61 Å². The molecule has 0 spiro atoms. The van der Waals surface area contributed by atoms with Crippen molar-refractivity contribution in [1.82, 2.24) is 9.97 Å². The van der Waals surface area contributed by atoms with Crippen LogP contribution in [-0.4, -0.2) is 36.6 Å². The maximum atomic E-state index is 12.7. The monoisotopic (exact) mass is 424 g/mol. The number of carbonyl (C=O) groups is 1. The minimum atomic E-state index is -3.25. The second-order valence-corrected chi connectivity index (χ2v) is 8.75. The molecule has 0 unspecified atom stereocenters. The Morgan fingerprint density at radius 1 is 1.07 bits per heavy atom. The number of aromatic nitrogens is 2. The van der Waals surface area contributed by atoms with E-state index >= 15 is 0 Å². The second-order valence-electron chi connectivity index (χ2n) is 6.74. The molecule has 1 saturated heterocycles. The quantitative estimate of drug-likeness (QED) is 0.653. The van der Waals surface area contributed by atoms with Gasteiger partial charge < -0.3 is 10.1 Å². The fraction of sp³-hybridized carbons (Fsp3) is 0.190. The van der Waals surface area contributed by atoms with Gasteiger partial charge in [0.15, 0.2) is 11.6 Å². The zero-order valence-corrected chi connectivity index (χ0v) is 16.9. The molecule has 1 fully saturated rings. The van der Waals surface area contributed by atoms with E-state index in [9.17, 15) is 13.2 Å². The molecule has 1 aliphatic heterocycles. The average molecular weight is 424 g/mol. The van der Waals surface area contributed by atoms with Gasteiger partial charge in [-0.3, -0.25) is 14.1 Å². The molecule has 9 heteroatoms. The van der Waals surface area contributed by atoms with Crippen molar-refractivity contribution >= 4 is 27.4 Å². The topological polar surface area (TPSA) is 101 Å². The van der Waals surface area contributed by atoms with E-state index in [1.165, 1.54) is 4.31 Å². The van der Waals surface area contributed by atoms with Gasteiger partial charge in [-0.15, -0.1) is 0 Å². The summed E-state index contributed by atoms with van der Waals surface area (Å²) >= 11 is 0. The van der Waals surface area contributed by atoms with Gasteiger partial charge in [0.25, 0.3) is 5.91 Å². The molecule has 3 heterocycles. The number of nitrogens with zero attached hydrogens (tertiary/aromatic N) is 3. The lowest BCUT2D eigenvalue weighted by molar-refractivity contribution is 0.102. The van der Waals surface area contributed by atoms with Crippen molar-refractivity contribution in [3.05, 3.63) is 78.2 Å². The van der Waals surface area contributed by atoms with E-state index in [0.717, 1.165) is 5.56 Å². The summed E-state index contributed by atoms with van der Waals surface area (Å²) in [4.78, 5) is 20.8. The zero-order chi connectivity index (χ0) is 21.0. The minimum absolute atomic E-state index is 0.150. The summed E-state index contributed by atoms with van der Waals surface area (Å²) in [5, 5.41) is 2.75. The molecule has 0 radical (unpaired) electrons. The summed E-state index contributed by atoms with van der Waals surface area (Å²) in [7, 11) is -3.25. The van der Waals surface area contributed by atoms with Crippen LogP contribution in [0, 0.1) is 0 Å². The fourth-order valence-electron chi connectivity index (χ4n) is 3.13. The maximum Gasteiger partial charge on any atom is 0.256 e. The Hall–Kier alpha value is -3.46. The number of sulfonamides is 1. The highest BCUT2D eigenvalue weighted by molar-refractivity contribution is 7.93. The highest BCUT2D eigenvalue weighted by atomic mass is 32.2. The SMILES string of the molecule is O=C(Nc1ncccc1OCc1ccncc1)c1ccc(N2CCCS2(=O)=O)cc1. The lowest BCUT2D eigenvalue weighted by Gasteiger charge is -2.17. The normalized spacial score (nSPS) is 15.0. The van der Waals surface area contributed by atoms with Crippen LogP contribution >= 0.6 is 0 Å². The minimum Gasteiger partial charge on any atom is -0.485 e. The third-order valence-electron chi connectivity index (χ3n) is 4.66. The highest BCUT2D eigenvalue weighted by Gasteiger charge is 2.28. The van der Waals surface area contributed by atoms with Crippen LogP contribution in [0.1, 0.15) is 22.3 Å². The van der Waals surface area contributed by atoms with Gasteiger partial charge in [-0.2, -0.15) is 0 Å². The summed E-state index contributed by atoms with van der Waals surface area (Å²) in [6, 6.07) is 13.6. The maximum absolute atomic E-state index is 12.7. The van der Waals surface area contributed by atoms with Crippen molar-refractivity contribution in [2.45, 2.75) is 13.0 Å². The first-order valence-corrected chi connectivity index (χ1v) is 11.0. The Kier molecular flexibility index (Phi) is 5.62. The molecule has 1 N–H and O–H groups in total. The molecule has 2 aromatic heterocycles. The van der Waals surface area contributed by atoms with E-state index in [4.69, 9.17) is 4.74 Å². The Bertz CT molecular complexity index is 1140. The summed E-state index contributed by atoms with van der Waals surface area (Å²) < 4.78 is 31.3. The van der Waals surface area contributed by atoms with Crippen LogP contribution in [0.15, 0.2) is 67.1 Å². The molecular formula is C21H20N4O4S. The lowest BCUT2D eigenvalue weighted by atomic mass is 10.2. The van der Waals surface area contributed by atoms with Crippen LogP contribution < -0.4 is 14.4 Å². The predicted octanol–water partition coefficient (Wildman–Crippen LogP) is 2.85. The van der Waals surface area contributed by atoms with Gasteiger partial charge >= 0.3 is 0 Å². The molecule has 1 amide bonds. The van der Waals surface area contributed by atoms with Gasteiger partial charge in [-0.25, -0.2) is 13.4 Å². The van der Waals surface area contributed by atoms with Gasteiger partial charge in [0.2, 0.25) is 10.0 Å². The number of hydrogen-bond donors (Lipinski definition) is 1. The number of ether oxygens (including phenoxy) is 1. The summed E-state index contributed by atoms with van der Waals surface area (Å²) in [5.74, 6) is 0.542. The number of nitrogens with one attached hydrogen (secondary N) is 1. The molecule has 8 nitrogen and oxygen atoms in total. The van der Waals surface area contributed by atoms with Gasteiger partial charge in [-0.05, 0) is 60.5 Å². The first-order chi connectivity index (χ1) is 14.5. The van der Waals surface area contributed by atoms with E-state index < -0.39 is 10.0 Å². The number of hydrogen-bond acceptors (Lipinski definition) is 6. The third-order valence-corrected chi connectivity index (χ3v) is 6.53. The molecule has 0 atom stereocenters. The second kappa shape index (κ2) is 8.50. The van der Waals surface area contributed by atoms with Crippen molar-refractivity contribution in [1.29, 1.82) is 0 Å². The van der Waals surface area contributed by atoms with E-state index in [1.54, 1.807) is 55.0 Å². The number of carbonyl (C=O) groups excluding carboxylic acids is 1. The number of benzene rings is 1. The molecule has 3 aromatic rings. The molecule has 1 aromatic carbocycles. The molecule has 154 valence electrons. The Morgan fingerprint density at radius 2 is 1.83 bits per heavy atom. The molecule has 4 rings (SSSR count). The van der Waals surface area contributed by atoms with Crippen LogP contribution in [0.2, 0.25) is 0 Å². The van der Waals surface area contributed by atoms with Gasteiger partial charge in [0.05, 0.1) is 11.4 Å². The smallest absolute Gasteiger partial charge is 0.256 e. The van der Waals surface area contributed by atoms with Crippen LogP contribution in [0.25, 0.3) is 0 Å². The molecule has 0 aliphatic carbocycles. The predicted molar refractivity (Wildman–Crippen MR) is 113 cm³/mol. The summed E-state index contributed by atoms with van der Waals surface area (Å²) in [6.07, 6.45) is 5.53. The van der Waals surface area contributed by atoms with Crippen molar-refractivity contribution in [2.75, 3.05) is 21.9 Å². The summed E-state index contributed by atoms with van der Waals surface area (Å²) in [6.45, 7) is 0.774. The third kappa shape index (κ3) is 4.41. The Balaban J connectivity index is 1.45. The first-order valence-electron chi connectivity index (χ1n) is 9.41. The van der Waals surface area contributed by atoms with E-state index in [1.807, 2.05) is 12.1 Å². The van der Waals surface area contributed by atoms with Crippen LogP contribution in [0.5, 0.6) is 5.75 Å². The molecule has 30 heavy (non-hydrogen) atoms. The Morgan fingerprint density at radius 3 is 2.53 bits per heavy atom. The molecule has 1 aliphatic rings. The van der Waals surface area contributed by atoms with Crippen molar-refractivity contribution < 1.29 is 17.9 Å². The molecule has 0 saturated carbocycles. The van der Waals surface area contributed by atoms with Crippen molar-refractivity contribution in [3.63, 3.8) is 0 Å². The van der Waals surface area contributed by atoms with E-state index in [-0.39, 0.29) is 11.7 Å². The number of anilines is 2. The molecular weight excluding hydrogens is 404 g/mol. The van der Waals surface area contributed by atoms with Crippen molar-refractivity contribution in [3.8, 4) is 5.75 Å². The number of amides is 1. The van der Waals surface area contributed by atoms with Crippen LogP contribution in [0.4, 0.5) is 11.5 Å². The Labute approximate surface area is 174 Å². The van der Waals surface area contributed by atoms with Crippen molar-refractivity contribution in [2.24, 2.45) is 0 Å². The molecule has 0 bridgehead atoms. The van der Waals surface area contributed by atoms with Crippen LogP contribution in [0.3, 0.4) is 0 Å². The first kappa shape index (κ1) is 19.8. The largest absolute Gasteiger partial charge is 0.485 e. The van der Waals surface area contributed by atoms with E-state index in [2.05, 4.69) is 15.3 Å². The van der Waals surface area contributed by atoms with E-state index in [0.29, 0.717) is 42.4 Å². The standard InChI is InChI=1S/C21H20N4O4S/c26-21(17-4-6-18(7-5-17)25-13-2-14-30(25,27)28)24-20-19(3-1-10-23-20)29-15-16-8-11-22-12-9-16/h1,3-12H,2,13-15H2,(H,23,24,26). The fourth-order valence-corrected chi connectivity index (χ4v) is 4.69. The zero-order valence-electron chi connectivity index (χ0n) is 16.1. The van der Waals surface area contributed by atoms with Gasteiger partial charge in [-0.1, -0.05) is 0 Å².